The maximum Gasteiger partial charge on any atom is 0.129 e. The van der Waals surface area contributed by atoms with E-state index >= 15 is 0 Å². The molecule has 1 saturated heterocycles. The third-order valence-electron chi connectivity index (χ3n) is 4.53. The molecule has 0 saturated carbocycles. The molecule has 2 atom stereocenters. The Morgan fingerprint density at radius 2 is 1.95 bits per heavy atom. The molecule has 1 aromatic heterocycles. The minimum atomic E-state index is 0.0641. The van der Waals surface area contributed by atoms with Crippen LogP contribution in [0.25, 0.3) is 0 Å². The van der Waals surface area contributed by atoms with E-state index in [2.05, 4.69) is 51.7 Å². The van der Waals surface area contributed by atoms with Crippen molar-refractivity contribution < 1.29 is 0 Å². The average Bonchev–Trinajstić information content (AvgIpc) is 2.40. The first-order chi connectivity index (χ1) is 9.31. The predicted molar refractivity (Wildman–Crippen MR) is 86.0 cm³/mol. The van der Waals surface area contributed by atoms with Gasteiger partial charge < -0.3 is 10.6 Å². The van der Waals surface area contributed by atoms with Gasteiger partial charge in [-0.15, -0.1) is 0 Å². The van der Waals surface area contributed by atoms with Gasteiger partial charge in [-0.2, -0.15) is 0 Å². The Hall–Kier alpha value is -1.09. The van der Waals surface area contributed by atoms with Crippen LogP contribution in [-0.2, 0) is 12.0 Å². The maximum absolute atomic E-state index is 5.86. The summed E-state index contributed by atoms with van der Waals surface area (Å²) in [4.78, 5) is 7.34. The Balaban J connectivity index is 2.31. The molecule has 1 aliphatic heterocycles. The Morgan fingerprint density at radius 1 is 1.25 bits per heavy atom. The number of nitrogens with two attached hydrogens (primary N) is 1. The molecule has 2 heterocycles. The van der Waals surface area contributed by atoms with Crippen molar-refractivity contribution in [1.82, 2.24) is 4.98 Å². The van der Waals surface area contributed by atoms with E-state index < -0.39 is 0 Å². The van der Waals surface area contributed by atoms with E-state index in [0.29, 0.717) is 6.54 Å². The zero-order chi connectivity index (χ0) is 14.9. The number of piperidine rings is 1. The maximum atomic E-state index is 5.86. The van der Waals surface area contributed by atoms with Gasteiger partial charge in [0.1, 0.15) is 5.82 Å². The first-order valence-electron chi connectivity index (χ1n) is 7.77. The van der Waals surface area contributed by atoms with E-state index in [0.717, 1.165) is 36.4 Å². The Kier molecular flexibility index (Phi) is 4.38. The van der Waals surface area contributed by atoms with Gasteiger partial charge in [0.25, 0.3) is 0 Å². The largest absolute Gasteiger partial charge is 0.356 e. The third kappa shape index (κ3) is 3.32. The smallest absolute Gasteiger partial charge is 0.129 e. The minimum Gasteiger partial charge on any atom is -0.356 e. The fourth-order valence-electron chi connectivity index (χ4n) is 2.71. The van der Waals surface area contributed by atoms with Crippen LogP contribution in [0.4, 0.5) is 5.82 Å². The number of anilines is 1. The van der Waals surface area contributed by atoms with Gasteiger partial charge >= 0.3 is 0 Å². The van der Waals surface area contributed by atoms with Crippen molar-refractivity contribution in [3.63, 3.8) is 0 Å². The molecule has 2 rings (SSSR count). The summed E-state index contributed by atoms with van der Waals surface area (Å²) >= 11 is 0. The molecule has 20 heavy (non-hydrogen) atoms. The number of hydrogen-bond donors (Lipinski definition) is 1. The van der Waals surface area contributed by atoms with Crippen molar-refractivity contribution in [3.8, 4) is 0 Å². The van der Waals surface area contributed by atoms with Crippen LogP contribution < -0.4 is 10.6 Å². The predicted octanol–water partition coefficient (Wildman–Crippen LogP) is 3.32. The van der Waals surface area contributed by atoms with Crippen molar-refractivity contribution in [1.29, 1.82) is 0 Å². The fourth-order valence-corrected chi connectivity index (χ4v) is 2.71. The van der Waals surface area contributed by atoms with E-state index in [-0.39, 0.29) is 5.41 Å². The van der Waals surface area contributed by atoms with Gasteiger partial charge in [-0.1, -0.05) is 34.6 Å². The summed E-state index contributed by atoms with van der Waals surface area (Å²) < 4.78 is 0. The SMILES string of the molecule is CC1CCN(c2cc(CN)cc(C(C)(C)C)n2)CC1C. The van der Waals surface area contributed by atoms with Crippen molar-refractivity contribution in [2.45, 2.75) is 53.0 Å². The molecule has 1 fully saturated rings. The van der Waals surface area contributed by atoms with Gasteiger partial charge in [-0.25, -0.2) is 4.98 Å². The highest BCUT2D eigenvalue weighted by Gasteiger charge is 2.25. The number of hydrogen-bond acceptors (Lipinski definition) is 3. The summed E-state index contributed by atoms with van der Waals surface area (Å²) in [5.41, 5.74) is 8.25. The Labute approximate surface area is 123 Å². The number of nitrogens with zero attached hydrogens (tertiary/aromatic N) is 2. The lowest BCUT2D eigenvalue weighted by Gasteiger charge is -2.36. The first kappa shape index (κ1) is 15.3. The highest BCUT2D eigenvalue weighted by molar-refractivity contribution is 5.44. The van der Waals surface area contributed by atoms with Crippen LogP contribution in [-0.4, -0.2) is 18.1 Å². The van der Waals surface area contributed by atoms with Crippen molar-refractivity contribution in [2.24, 2.45) is 17.6 Å². The van der Waals surface area contributed by atoms with Gasteiger partial charge in [0.2, 0.25) is 0 Å². The Bertz CT molecular complexity index is 462. The number of pyridine rings is 1. The van der Waals surface area contributed by atoms with Crippen LogP contribution in [0.15, 0.2) is 12.1 Å². The van der Waals surface area contributed by atoms with Crippen molar-refractivity contribution in [3.05, 3.63) is 23.4 Å². The zero-order valence-electron chi connectivity index (χ0n) is 13.6. The highest BCUT2D eigenvalue weighted by atomic mass is 15.2. The molecular weight excluding hydrogens is 246 g/mol. The molecule has 3 heteroatoms. The molecule has 0 spiro atoms. The van der Waals surface area contributed by atoms with Crippen molar-refractivity contribution in [2.75, 3.05) is 18.0 Å². The summed E-state index contributed by atoms with van der Waals surface area (Å²) in [5, 5.41) is 0. The van der Waals surface area contributed by atoms with E-state index in [1.807, 2.05) is 0 Å². The van der Waals surface area contributed by atoms with Gasteiger partial charge in [0.15, 0.2) is 0 Å². The molecule has 0 amide bonds. The second-order valence-corrected chi connectivity index (χ2v) is 7.36. The average molecular weight is 275 g/mol. The minimum absolute atomic E-state index is 0.0641. The lowest BCUT2D eigenvalue weighted by molar-refractivity contribution is 0.322. The van der Waals surface area contributed by atoms with E-state index in [1.54, 1.807) is 0 Å². The molecule has 2 unspecified atom stereocenters. The second kappa shape index (κ2) is 5.72. The third-order valence-corrected chi connectivity index (χ3v) is 4.53. The Morgan fingerprint density at radius 3 is 2.50 bits per heavy atom. The molecule has 0 aliphatic carbocycles. The molecule has 1 aromatic rings. The van der Waals surface area contributed by atoms with Crippen LogP contribution >= 0.6 is 0 Å². The standard InChI is InChI=1S/C17H29N3/c1-12-6-7-20(11-13(12)2)16-9-14(10-18)8-15(19-16)17(3,4)5/h8-9,12-13H,6-7,10-11,18H2,1-5H3. The molecule has 3 nitrogen and oxygen atoms in total. The number of rotatable bonds is 2. The molecule has 0 bridgehead atoms. The summed E-state index contributed by atoms with van der Waals surface area (Å²) in [6, 6.07) is 4.32. The van der Waals surface area contributed by atoms with E-state index in [9.17, 15) is 0 Å². The quantitative estimate of drug-likeness (QED) is 0.900. The van der Waals surface area contributed by atoms with Crippen LogP contribution in [0.3, 0.4) is 0 Å². The first-order valence-corrected chi connectivity index (χ1v) is 7.77. The van der Waals surface area contributed by atoms with Crippen LogP contribution in [0.1, 0.15) is 52.3 Å². The molecule has 112 valence electrons. The number of aromatic nitrogens is 1. The van der Waals surface area contributed by atoms with Gasteiger partial charge in [0, 0.05) is 30.7 Å². The second-order valence-electron chi connectivity index (χ2n) is 7.36. The summed E-state index contributed by atoms with van der Waals surface area (Å²) in [5.74, 6) is 2.65. The molecule has 1 aliphatic rings. The summed E-state index contributed by atoms with van der Waals surface area (Å²) in [6.45, 7) is 14.1. The van der Waals surface area contributed by atoms with Crippen molar-refractivity contribution >= 4 is 5.82 Å². The fraction of sp³-hybridized carbons (Fsp3) is 0.706. The molecule has 2 N–H and O–H groups in total. The van der Waals surface area contributed by atoms with Gasteiger partial charge in [0.05, 0.1) is 0 Å². The molecule has 0 aromatic carbocycles. The normalized spacial score (nSPS) is 24.0. The van der Waals surface area contributed by atoms with E-state index in [1.165, 1.54) is 12.0 Å². The summed E-state index contributed by atoms with van der Waals surface area (Å²) in [7, 11) is 0. The van der Waals surface area contributed by atoms with Gasteiger partial charge in [-0.05, 0) is 36.0 Å². The monoisotopic (exact) mass is 275 g/mol. The molecule has 0 radical (unpaired) electrons. The van der Waals surface area contributed by atoms with Gasteiger partial charge in [-0.3, -0.25) is 0 Å². The summed E-state index contributed by atoms with van der Waals surface area (Å²) in [6.07, 6.45) is 1.25. The highest BCUT2D eigenvalue weighted by Crippen LogP contribution is 2.29. The lowest BCUT2D eigenvalue weighted by atomic mass is 9.88. The van der Waals surface area contributed by atoms with E-state index in [4.69, 9.17) is 10.7 Å². The topological polar surface area (TPSA) is 42.1 Å². The zero-order valence-corrected chi connectivity index (χ0v) is 13.6. The van der Waals surface area contributed by atoms with Crippen LogP contribution in [0.2, 0.25) is 0 Å². The molecular formula is C17H29N3. The lowest BCUT2D eigenvalue weighted by Crippen LogP contribution is -2.39. The van der Waals surface area contributed by atoms with Crippen LogP contribution in [0, 0.1) is 11.8 Å². The van der Waals surface area contributed by atoms with Crippen LogP contribution in [0.5, 0.6) is 0 Å².